The Morgan fingerprint density at radius 2 is 0.933 bits per heavy atom. The number of carbonyl (C=O) groups excluding carboxylic acids is 2. The standard InChI is InChI=1S/C48H86NO10P/c1-3-5-7-9-11-13-15-17-19-20-21-22-23-24-26-27-29-31-33-35-37-39-46(50)56-41-44(42-57-60(54,55)58-43-45(49)48(52)53)59-47(51)40-38-36-34-32-30-28-25-18-16-14-12-10-8-6-4-2/h6,8,12,14,18,20-21,25,44-45H,3-5,7,9-11,13,15-17,19,22-24,26-43,49H2,1-2H3,(H,52,53)(H,54,55)/b8-6-,14-12-,21-20-,25-18-. The topological polar surface area (TPSA) is 172 Å². The minimum absolute atomic E-state index is 0.141. The molecule has 4 N–H and O–H groups in total. The van der Waals surface area contributed by atoms with Gasteiger partial charge >= 0.3 is 25.7 Å². The van der Waals surface area contributed by atoms with Gasteiger partial charge in [0.05, 0.1) is 13.2 Å². The Kier molecular flexibility index (Phi) is 41.3. The molecule has 0 aliphatic rings. The Labute approximate surface area is 365 Å². The molecule has 0 aliphatic heterocycles. The molecule has 0 rings (SSSR count). The number of ether oxygens (including phenoxy) is 2. The van der Waals surface area contributed by atoms with Gasteiger partial charge in [-0.3, -0.25) is 23.4 Å². The van der Waals surface area contributed by atoms with Crippen LogP contribution in [0.5, 0.6) is 0 Å². The average molecular weight is 868 g/mol. The SMILES string of the molecule is CC/C=C\C/C=C\C/C=C\CCCCCCCC(=O)OC(COC(=O)CCCCCCCCCCC/C=C\CCCCCCCCCC)COP(=O)(O)OCC(N)C(=O)O. The molecule has 0 bridgehead atoms. The number of allylic oxidation sites excluding steroid dienone is 8. The lowest BCUT2D eigenvalue weighted by Gasteiger charge is -2.20. The van der Waals surface area contributed by atoms with Crippen molar-refractivity contribution in [2.45, 2.75) is 219 Å². The summed E-state index contributed by atoms with van der Waals surface area (Å²) in [5, 5.41) is 8.90. The molecule has 0 aliphatic carbocycles. The molecule has 348 valence electrons. The highest BCUT2D eigenvalue weighted by Crippen LogP contribution is 2.43. The van der Waals surface area contributed by atoms with E-state index < -0.39 is 51.1 Å². The van der Waals surface area contributed by atoms with Crippen molar-refractivity contribution in [3.63, 3.8) is 0 Å². The molecule has 60 heavy (non-hydrogen) atoms. The highest BCUT2D eigenvalue weighted by molar-refractivity contribution is 7.47. The Morgan fingerprint density at radius 3 is 1.42 bits per heavy atom. The van der Waals surface area contributed by atoms with E-state index in [0.29, 0.717) is 12.8 Å². The zero-order valence-electron chi connectivity index (χ0n) is 37.8. The van der Waals surface area contributed by atoms with E-state index in [4.69, 9.17) is 24.8 Å². The summed E-state index contributed by atoms with van der Waals surface area (Å²) < 4.78 is 32.7. The van der Waals surface area contributed by atoms with Crippen LogP contribution in [0.3, 0.4) is 0 Å². The first-order valence-corrected chi connectivity index (χ1v) is 25.2. The predicted molar refractivity (Wildman–Crippen MR) is 245 cm³/mol. The number of rotatable bonds is 44. The highest BCUT2D eigenvalue weighted by atomic mass is 31.2. The number of carboxylic acids is 1. The maximum atomic E-state index is 12.6. The summed E-state index contributed by atoms with van der Waals surface area (Å²) in [5.74, 6) is -2.40. The second kappa shape index (κ2) is 43.1. The van der Waals surface area contributed by atoms with Crippen LogP contribution in [0.15, 0.2) is 48.6 Å². The number of unbranched alkanes of at least 4 members (excludes halogenated alkanes) is 22. The van der Waals surface area contributed by atoms with Crippen molar-refractivity contribution in [2.24, 2.45) is 5.73 Å². The number of carbonyl (C=O) groups is 3. The van der Waals surface area contributed by atoms with Gasteiger partial charge in [-0.2, -0.15) is 0 Å². The largest absolute Gasteiger partial charge is 0.480 e. The monoisotopic (exact) mass is 868 g/mol. The molecule has 0 aromatic carbocycles. The van der Waals surface area contributed by atoms with Crippen LogP contribution >= 0.6 is 7.82 Å². The maximum absolute atomic E-state index is 12.6. The summed E-state index contributed by atoms with van der Waals surface area (Å²) in [6, 6.07) is -1.53. The van der Waals surface area contributed by atoms with Gasteiger partial charge in [0.1, 0.15) is 12.6 Å². The number of aliphatic carboxylic acids is 1. The first-order valence-electron chi connectivity index (χ1n) is 23.7. The lowest BCUT2D eigenvalue weighted by Crippen LogP contribution is -2.34. The van der Waals surface area contributed by atoms with Gasteiger partial charge in [0.2, 0.25) is 0 Å². The number of phosphoric acid groups is 1. The Balaban J connectivity index is 4.29. The van der Waals surface area contributed by atoms with E-state index in [-0.39, 0.29) is 19.4 Å². The molecule has 0 amide bonds. The summed E-state index contributed by atoms with van der Waals surface area (Å²) in [5.41, 5.74) is 5.34. The number of nitrogens with two attached hydrogens (primary N) is 1. The van der Waals surface area contributed by atoms with Crippen molar-refractivity contribution in [3.05, 3.63) is 48.6 Å². The van der Waals surface area contributed by atoms with Gasteiger partial charge in [-0.05, 0) is 70.6 Å². The fourth-order valence-electron chi connectivity index (χ4n) is 6.37. The normalized spacial score (nSPS) is 14.1. The Bertz CT molecular complexity index is 1200. The first kappa shape index (κ1) is 57.4. The molecule has 0 aromatic heterocycles. The third-order valence-corrected chi connectivity index (χ3v) is 11.0. The van der Waals surface area contributed by atoms with Gasteiger partial charge in [0, 0.05) is 12.8 Å². The van der Waals surface area contributed by atoms with Gasteiger partial charge in [-0.25, -0.2) is 4.57 Å². The van der Waals surface area contributed by atoms with Crippen LogP contribution in [0.1, 0.15) is 206 Å². The van der Waals surface area contributed by atoms with Crippen molar-refractivity contribution in [3.8, 4) is 0 Å². The van der Waals surface area contributed by atoms with E-state index in [1.165, 1.54) is 96.3 Å². The fourth-order valence-corrected chi connectivity index (χ4v) is 7.15. The van der Waals surface area contributed by atoms with Crippen molar-refractivity contribution in [1.29, 1.82) is 0 Å². The van der Waals surface area contributed by atoms with Gasteiger partial charge in [0.15, 0.2) is 6.10 Å². The van der Waals surface area contributed by atoms with Crippen LogP contribution in [-0.4, -0.2) is 59.9 Å². The van der Waals surface area contributed by atoms with E-state index in [0.717, 1.165) is 70.6 Å². The summed E-state index contributed by atoms with van der Waals surface area (Å²) in [6.07, 6.45) is 48.9. The molecule has 0 radical (unpaired) electrons. The number of esters is 2. The van der Waals surface area contributed by atoms with Crippen LogP contribution in [-0.2, 0) is 37.5 Å². The smallest absolute Gasteiger partial charge is 0.472 e. The molecule has 0 heterocycles. The van der Waals surface area contributed by atoms with Gasteiger partial charge in [-0.15, -0.1) is 0 Å². The minimum Gasteiger partial charge on any atom is -0.480 e. The van der Waals surface area contributed by atoms with Crippen LogP contribution in [0.4, 0.5) is 0 Å². The summed E-state index contributed by atoms with van der Waals surface area (Å²) >= 11 is 0. The predicted octanol–water partition coefficient (Wildman–Crippen LogP) is 13.0. The third-order valence-electron chi connectivity index (χ3n) is 10.1. The van der Waals surface area contributed by atoms with E-state index in [1.807, 2.05) is 0 Å². The Hall–Kier alpha value is -2.56. The molecule has 0 saturated heterocycles. The van der Waals surface area contributed by atoms with Crippen LogP contribution < -0.4 is 5.73 Å². The molecular formula is C48H86NO10P. The molecule has 0 spiro atoms. The van der Waals surface area contributed by atoms with E-state index >= 15 is 0 Å². The maximum Gasteiger partial charge on any atom is 0.472 e. The van der Waals surface area contributed by atoms with Gasteiger partial charge < -0.3 is 25.2 Å². The van der Waals surface area contributed by atoms with E-state index in [9.17, 15) is 23.8 Å². The molecule has 3 unspecified atom stereocenters. The van der Waals surface area contributed by atoms with Crippen LogP contribution in [0, 0.1) is 0 Å². The number of hydrogen-bond acceptors (Lipinski definition) is 9. The molecular weight excluding hydrogens is 781 g/mol. The van der Waals surface area contributed by atoms with Gasteiger partial charge in [0.25, 0.3) is 0 Å². The average Bonchev–Trinajstić information content (AvgIpc) is 3.22. The zero-order chi connectivity index (χ0) is 44.2. The van der Waals surface area contributed by atoms with Crippen molar-refractivity contribution >= 4 is 25.7 Å². The second-order valence-electron chi connectivity index (χ2n) is 15.9. The van der Waals surface area contributed by atoms with Crippen molar-refractivity contribution < 1.29 is 47.5 Å². The summed E-state index contributed by atoms with van der Waals surface area (Å²) in [7, 11) is -4.72. The Morgan fingerprint density at radius 1 is 0.533 bits per heavy atom. The fraction of sp³-hybridized carbons (Fsp3) is 0.771. The molecule has 3 atom stereocenters. The zero-order valence-corrected chi connectivity index (χ0v) is 38.7. The van der Waals surface area contributed by atoms with Crippen LogP contribution in [0.25, 0.3) is 0 Å². The second-order valence-corrected chi connectivity index (χ2v) is 17.3. The molecule has 12 heteroatoms. The number of carboxylic acid groups (broad SMARTS) is 1. The van der Waals surface area contributed by atoms with Crippen LogP contribution in [0.2, 0.25) is 0 Å². The lowest BCUT2D eigenvalue weighted by molar-refractivity contribution is -0.161. The number of phosphoric ester groups is 1. The summed E-state index contributed by atoms with van der Waals surface area (Å²) in [4.78, 5) is 46.0. The van der Waals surface area contributed by atoms with Gasteiger partial charge in [-0.1, -0.05) is 172 Å². The summed E-state index contributed by atoms with van der Waals surface area (Å²) in [6.45, 7) is 2.68. The van der Waals surface area contributed by atoms with Crippen molar-refractivity contribution in [2.75, 3.05) is 19.8 Å². The lowest BCUT2D eigenvalue weighted by atomic mass is 10.1. The quantitative estimate of drug-likeness (QED) is 0.0230. The molecule has 0 saturated carbocycles. The highest BCUT2D eigenvalue weighted by Gasteiger charge is 2.28. The first-order chi connectivity index (χ1) is 29.1. The van der Waals surface area contributed by atoms with Crippen molar-refractivity contribution in [1.82, 2.24) is 0 Å². The van der Waals surface area contributed by atoms with E-state index in [2.05, 4.69) is 67.0 Å². The van der Waals surface area contributed by atoms with E-state index in [1.54, 1.807) is 0 Å². The number of hydrogen-bond donors (Lipinski definition) is 3. The molecule has 0 aromatic rings. The minimum atomic E-state index is -4.72. The molecule has 0 fully saturated rings. The third kappa shape index (κ3) is 42.1. The molecule has 11 nitrogen and oxygen atoms in total.